The normalized spacial score (nSPS) is 14.0. The third kappa shape index (κ3) is 6.58. The fraction of sp³-hybridized carbons (Fsp3) is 0.467. The van der Waals surface area contributed by atoms with Crippen LogP contribution in [-0.4, -0.2) is 24.2 Å². The van der Waals surface area contributed by atoms with E-state index in [9.17, 15) is 22.8 Å². The second-order valence-electron chi connectivity index (χ2n) is 5.15. The van der Waals surface area contributed by atoms with Gasteiger partial charge in [0, 0.05) is 6.42 Å². The molecule has 0 aromatic heterocycles. The maximum Gasteiger partial charge on any atom is 0.573 e. The fourth-order valence-electron chi connectivity index (χ4n) is 2.02. The molecule has 0 heterocycles. The molecule has 0 aliphatic heterocycles. The Balaban J connectivity index is 2.62. The third-order valence-corrected chi connectivity index (χ3v) is 3.26. The first-order valence-electron chi connectivity index (χ1n) is 7.06. The Kier molecular flexibility index (Phi) is 6.41. The second-order valence-corrected chi connectivity index (χ2v) is 5.15. The number of amides is 2. The van der Waals surface area contributed by atoms with E-state index in [0.29, 0.717) is 12.0 Å². The molecule has 0 spiro atoms. The van der Waals surface area contributed by atoms with E-state index in [0.717, 1.165) is 0 Å². The van der Waals surface area contributed by atoms with Crippen molar-refractivity contribution >= 4 is 11.8 Å². The van der Waals surface area contributed by atoms with Crippen LogP contribution in [0.3, 0.4) is 0 Å². The Morgan fingerprint density at radius 2 is 1.83 bits per heavy atom. The number of alkyl halides is 3. The van der Waals surface area contributed by atoms with Gasteiger partial charge in [-0.05, 0) is 30.0 Å². The highest BCUT2D eigenvalue weighted by atomic mass is 19.4. The minimum atomic E-state index is -4.74. The highest BCUT2D eigenvalue weighted by molar-refractivity contribution is 5.86. The van der Waals surface area contributed by atoms with Crippen LogP contribution in [0.25, 0.3) is 0 Å². The van der Waals surface area contributed by atoms with Gasteiger partial charge in [-0.25, -0.2) is 0 Å². The molecular formula is C15H19F3N2O3. The molecule has 2 atom stereocenters. The van der Waals surface area contributed by atoms with Crippen molar-refractivity contribution in [1.82, 2.24) is 5.32 Å². The zero-order valence-corrected chi connectivity index (χ0v) is 12.8. The summed E-state index contributed by atoms with van der Waals surface area (Å²) in [4.78, 5) is 22.9. The van der Waals surface area contributed by atoms with Crippen LogP contribution in [0.2, 0.25) is 0 Å². The summed E-state index contributed by atoms with van der Waals surface area (Å²) in [5.41, 5.74) is 5.83. The smallest absolute Gasteiger partial charge is 0.406 e. The van der Waals surface area contributed by atoms with Gasteiger partial charge in [0.25, 0.3) is 0 Å². The average Bonchev–Trinajstić information content (AvgIpc) is 2.43. The van der Waals surface area contributed by atoms with Gasteiger partial charge in [0.15, 0.2) is 0 Å². The first-order chi connectivity index (χ1) is 10.6. The molecule has 0 aliphatic carbocycles. The van der Waals surface area contributed by atoms with Crippen molar-refractivity contribution < 1.29 is 27.5 Å². The van der Waals surface area contributed by atoms with E-state index in [4.69, 9.17) is 5.73 Å². The largest absolute Gasteiger partial charge is 0.573 e. The predicted molar refractivity (Wildman–Crippen MR) is 77.6 cm³/mol. The van der Waals surface area contributed by atoms with E-state index in [1.165, 1.54) is 24.3 Å². The molecule has 1 aromatic rings. The average molecular weight is 332 g/mol. The van der Waals surface area contributed by atoms with Gasteiger partial charge in [0.1, 0.15) is 11.8 Å². The Labute approximate surface area is 132 Å². The second kappa shape index (κ2) is 7.85. The summed E-state index contributed by atoms with van der Waals surface area (Å²) in [6.45, 7) is 3.48. The minimum absolute atomic E-state index is 0.0866. The molecule has 128 valence electrons. The lowest BCUT2D eigenvalue weighted by atomic mass is 9.97. The van der Waals surface area contributed by atoms with Crippen LogP contribution in [0.5, 0.6) is 5.75 Å². The topological polar surface area (TPSA) is 81.4 Å². The number of rotatable bonds is 7. The van der Waals surface area contributed by atoms with Crippen molar-refractivity contribution in [3.05, 3.63) is 29.8 Å². The Bertz CT molecular complexity index is 544. The van der Waals surface area contributed by atoms with E-state index in [1.54, 1.807) is 13.8 Å². The van der Waals surface area contributed by atoms with Crippen LogP contribution >= 0.6 is 0 Å². The van der Waals surface area contributed by atoms with Crippen LogP contribution in [-0.2, 0) is 9.59 Å². The molecule has 0 saturated heterocycles. The number of carbonyl (C=O) groups is 2. The number of benzene rings is 1. The Hall–Kier alpha value is -2.25. The molecular weight excluding hydrogens is 313 g/mol. The van der Waals surface area contributed by atoms with Crippen molar-refractivity contribution in [1.29, 1.82) is 0 Å². The van der Waals surface area contributed by atoms with Crippen LogP contribution in [0.1, 0.15) is 38.2 Å². The van der Waals surface area contributed by atoms with E-state index < -0.39 is 18.3 Å². The number of nitrogens with two attached hydrogens (primary N) is 1. The maximum absolute atomic E-state index is 12.1. The third-order valence-electron chi connectivity index (χ3n) is 3.26. The predicted octanol–water partition coefficient (Wildman–Crippen LogP) is 2.46. The van der Waals surface area contributed by atoms with Crippen LogP contribution in [0.15, 0.2) is 24.3 Å². The van der Waals surface area contributed by atoms with Crippen molar-refractivity contribution in [3.8, 4) is 5.75 Å². The number of hydrogen-bond donors (Lipinski definition) is 2. The highest BCUT2D eigenvalue weighted by Gasteiger charge is 2.31. The van der Waals surface area contributed by atoms with Gasteiger partial charge in [-0.2, -0.15) is 0 Å². The van der Waals surface area contributed by atoms with Crippen LogP contribution < -0.4 is 15.8 Å². The van der Waals surface area contributed by atoms with Gasteiger partial charge in [-0.15, -0.1) is 13.2 Å². The summed E-state index contributed by atoms with van der Waals surface area (Å²) < 4.78 is 40.0. The van der Waals surface area contributed by atoms with E-state index in [2.05, 4.69) is 10.1 Å². The molecule has 1 rings (SSSR count). The molecule has 5 nitrogen and oxygen atoms in total. The Morgan fingerprint density at radius 1 is 1.26 bits per heavy atom. The maximum atomic E-state index is 12.1. The van der Waals surface area contributed by atoms with Crippen molar-refractivity contribution in [2.45, 2.75) is 45.0 Å². The lowest BCUT2D eigenvalue weighted by Gasteiger charge is -2.16. The monoisotopic (exact) mass is 332 g/mol. The van der Waals surface area contributed by atoms with E-state index >= 15 is 0 Å². The van der Waals surface area contributed by atoms with Gasteiger partial charge in [0.05, 0.1) is 0 Å². The molecule has 3 N–H and O–H groups in total. The van der Waals surface area contributed by atoms with Gasteiger partial charge >= 0.3 is 6.36 Å². The van der Waals surface area contributed by atoms with Crippen molar-refractivity contribution in [3.63, 3.8) is 0 Å². The summed E-state index contributed by atoms with van der Waals surface area (Å²) in [6.07, 6.45) is -4.26. The molecule has 2 unspecified atom stereocenters. The van der Waals surface area contributed by atoms with Gasteiger partial charge in [-0.1, -0.05) is 26.0 Å². The summed E-state index contributed by atoms with van der Waals surface area (Å²) in [5.74, 6) is -1.51. The lowest BCUT2D eigenvalue weighted by Crippen LogP contribution is -2.44. The van der Waals surface area contributed by atoms with Crippen LogP contribution in [0.4, 0.5) is 13.2 Å². The molecule has 0 saturated carbocycles. The van der Waals surface area contributed by atoms with Gasteiger partial charge < -0.3 is 15.8 Å². The van der Waals surface area contributed by atoms with Crippen molar-refractivity contribution in [2.24, 2.45) is 5.73 Å². The summed E-state index contributed by atoms with van der Waals surface area (Å²) in [7, 11) is 0. The molecule has 8 heteroatoms. The minimum Gasteiger partial charge on any atom is -0.406 e. The number of primary amides is 1. The summed E-state index contributed by atoms with van der Waals surface area (Å²) in [5, 5.41) is 2.52. The first-order valence-corrected chi connectivity index (χ1v) is 7.06. The lowest BCUT2D eigenvalue weighted by molar-refractivity contribution is -0.274. The molecule has 0 bridgehead atoms. The fourth-order valence-corrected chi connectivity index (χ4v) is 2.02. The molecule has 0 radical (unpaired) electrons. The van der Waals surface area contributed by atoms with E-state index in [-0.39, 0.29) is 24.0 Å². The van der Waals surface area contributed by atoms with Crippen molar-refractivity contribution in [2.75, 3.05) is 0 Å². The molecule has 0 aliphatic rings. The summed E-state index contributed by atoms with van der Waals surface area (Å²) in [6, 6.07) is 4.58. The summed E-state index contributed by atoms with van der Waals surface area (Å²) >= 11 is 0. The highest BCUT2D eigenvalue weighted by Crippen LogP contribution is 2.26. The number of carbonyl (C=O) groups excluding carboxylic acids is 2. The Morgan fingerprint density at radius 3 is 2.26 bits per heavy atom. The zero-order chi connectivity index (χ0) is 17.6. The SMILES string of the molecule is CCC(NC(=O)CC(C)c1ccc(OC(F)(F)F)cc1)C(N)=O. The van der Waals surface area contributed by atoms with Gasteiger partial charge in [0.2, 0.25) is 11.8 Å². The van der Waals surface area contributed by atoms with Crippen LogP contribution in [0, 0.1) is 0 Å². The molecule has 23 heavy (non-hydrogen) atoms. The zero-order valence-electron chi connectivity index (χ0n) is 12.8. The number of ether oxygens (including phenoxy) is 1. The molecule has 0 fully saturated rings. The number of nitrogens with one attached hydrogen (secondary N) is 1. The van der Waals surface area contributed by atoms with Gasteiger partial charge in [-0.3, -0.25) is 9.59 Å². The number of halogens is 3. The first kappa shape index (κ1) is 18.8. The quantitative estimate of drug-likeness (QED) is 0.805. The van der Waals surface area contributed by atoms with E-state index in [1.807, 2.05) is 0 Å². The molecule has 2 amide bonds. The molecule has 1 aromatic carbocycles. The number of hydrogen-bond acceptors (Lipinski definition) is 3. The standard InChI is InChI=1S/C15H19F3N2O3/c1-3-12(14(19)22)20-13(21)8-9(2)10-4-6-11(7-5-10)23-15(16,17)18/h4-7,9,12H,3,8H2,1-2H3,(H2,19,22)(H,20,21).